The van der Waals surface area contributed by atoms with Gasteiger partial charge in [-0.05, 0) is 23.6 Å². The summed E-state index contributed by atoms with van der Waals surface area (Å²) in [5.41, 5.74) is 4.96. The van der Waals surface area contributed by atoms with Crippen LogP contribution in [0.1, 0.15) is 4.88 Å². The third kappa shape index (κ3) is 2.24. The molecule has 0 radical (unpaired) electrons. The highest BCUT2D eigenvalue weighted by molar-refractivity contribution is 8.02. The van der Waals surface area contributed by atoms with Crippen LogP contribution in [0.3, 0.4) is 0 Å². The number of hydrogen-bond acceptors (Lipinski definition) is 5. The van der Waals surface area contributed by atoms with E-state index in [0.29, 0.717) is 11.4 Å². The zero-order chi connectivity index (χ0) is 14.2. The molecule has 7 heteroatoms. The largest absolute Gasteiger partial charge is 0.288 e. The van der Waals surface area contributed by atoms with Crippen molar-refractivity contribution >= 4 is 28.8 Å². The maximum absolute atomic E-state index is 13.4. The standard InChI is InChI=1S/C14H9FN4S2/c15-10-4-1-3-9(7-10)13-16-17-14-19(13)18-11(8-21-14)12-5-2-6-20-12/h1-8,18H. The predicted molar refractivity (Wildman–Crippen MR) is 82.9 cm³/mol. The monoisotopic (exact) mass is 316 g/mol. The van der Waals surface area contributed by atoms with Gasteiger partial charge in [-0.1, -0.05) is 30.0 Å². The van der Waals surface area contributed by atoms with Gasteiger partial charge in [-0.15, -0.1) is 21.5 Å². The van der Waals surface area contributed by atoms with E-state index in [-0.39, 0.29) is 5.82 Å². The van der Waals surface area contributed by atoms with Crippen LogP contribution < -0.4 is 5.43 Å². The second kappa shape index (κ2) is 5.01. The Morgan fingerprint density at radius 1 is 1.14 bits per heavy atom. The Morgan fingerprint density at radius 2 is 2.10 bits per heavy atom. The molecule has 21 heavy (non-hydrogen) atoms. The molecule has 0 amide bonds. The Bertz CT molecular complexity index is 823. The van der Waals surface area contributed by atoms with Crippen molar-refractivity contribution in [1.29, 1.82) is 0 Å². The molecule has 0 bridgehead atoms. The first-order chi connectivity index (χ1) is 10.3. The van der Waals surface area contributed by atoms with Crippen LogP contribution in [0, 0.1) is 5.82 Å². The Hall–Kier alpha value is -2.12. The van der Waals surface area contributed by atoms with Crippen molar-refractivity contribution in [2.75, 3.05) is 5.43 Å². The Balaban J connectivity index is 1.75. The number of fused-ring (bicyclic) bond motifs is 1. The lowest BCUT2D eigenvalue weighted by Gasteiger charge is -2.17. The molecule has 0 aliphatic carbocycles. The zero-order valence-electron chi connectivity index (χ0n) is 10.7. The Morgan fingerprint density at radius 3 is 2.90 bits per heavy atom. The maximum atomic E-state index is 13.4. The molecular formula is C14H9FN4S2. The predicted octanol–water partition coefficient (Wildman–Crippen LogP) is 3.79. The van der Waals surface area contributed by atoms with Gasteiger partial charge in [0.05, 0.1) is 10.6 Å². The first kappa shape index (κ1) is 12.6. The second-order valence-electron chi connectivity index (χ2n) is 4.39. The van der Waals surface area contributed by atoms with E-state index in [1.165, 1.54) is 23.9 Å². The smallest absolute Gasteiger partial charge is 0.214 e. The summed E-state index contributed by atoms with van der Waals surface area (Å²) in [5, 5.41) is 13.0. The topological polar surface area (TPSA) is 42.7 Å². The lowest BCUT2D eigenvalue weighted by atomic mass is 10.2. The summed E-state index contributed by atoms with van der Waals surface area (Å²) >= 11 is 3.15. The highest BCUT2D eigenvalue weighted by Gasteiger charge is 2.19. The summed E-state index contributed by atoms with van der Waals surface area (Å²) in [5.74, 6) is 0.307. The number of benzene rings is 1. The van der Waals surface area contributed by atoms with Crippen molar-refractivity contribution < 1.29 is 4.39 Å². The average Bonchev–Trinajstić information content (AvgIpc) is 3.16. The number of hydrogen-bond donors (Lipinski definition) is 1. The van der Waals surface area contributed by atoms with Crippen LogP contribution in [0.25, 0.3) is 17.1 Å². The maximum Gasteiger partial charge on any atom is 0.214 e. The van der Waals surface area contributed by atoms with Gasteiger partial charge < -0.3 is 0 Å². The first-order valence-corrected chi connectivity index (χ1v) is 7.96. The van der Waals surface area contributed by atoms with Crippen molar-refractivity contribution in [3.8, 4) is 11.4 Å². The number of rotatable bonds is 2. The molecule has 0 fully saturated rings. The van der Waals surface area contributed by atoms with Crippen LogP contribution in [-0.2, 0) is 0 Å². The van der Waals surface area contributed by atoms with Gasteiger partial charge in [0.1, 0.15) is 5.82 Å². The number of nitrogens with one attached hydrogen (secondary N) is 1. The summed E-state index contributed by atoms with van der Waals surface area (Å²) < 4.78 is 15.2. The molecule has 3 heterocycles. The number of aromatic nitrogens is 3. The fourth-order valence-corrected chi connectivity index (χ4v) is 3.56. The van der Waals surface area contributed by atoms with Gasteiger partial charge in [-0.3, -0.25) is 5.43 Å². The molecule has 0 unspecified atom stereocenters. The van der Waals surface area contributed by atoms with E-state index in [1.54, 1.807) is 22.1 Å². The number of thiophene rings is 1. The number of nitrogens with zero attached hydrogens (tertiary/aromatic N) is 3. The van der Waals surface area contributed by atoms with Gasteiger partial charge >= 0.3 is 0 Å². The van der Waals surface area contributed by atoms with Gasteiger partial charge in [0.15, 0.2) is 5.82 Å². The molecule has 0 atom stereocenters. The van der Waals surface area contributed by atoms with Crippen LogP contribution in [0.4, 0.5) is 4.39 Å². The first-order valence-electron chi connectivity index (χ1n) is 6.20. The van der Waals surface area contributed by atoms with Gasteiger partial charge in [0.25, 0.3) is 0 Å². The van der Waals surface area contributed by atoms with E-state index in [4.69, 9.17) is 0 Å². The molecule has 4 rings (SSSR count). The molecule has 0 saturated carbocycles. The van der Waals surface area contributed by atoms with Gasteiger partial charge in [-0.25, -0.2) is 9.07 Å². The Kier molecular flexibility index (Phi) is 3.01. The van der Waals surface area contributed by atoms with E-state index in [9.17, 15) is 4.39 Å². The van der Waals surface area contributed by atoms with Crippen LogP contribution >= 0.6 is 23.1 Å². The zero-order valence-corrected chi connectivity index (χ0v) is 12.3. The third-order valence-electron chi connectivity index (χ3n) is 3.02. The number of halogens is 1. The van der Waals surface area contributed by atoms with Crippen molar-refractivity contribution in [2.24, 2.45) is 0 Å². The van der Waals surface area contributed by atoms with E-state index in [0.717, 1.165) is 15.7 Å². The van der Waals surface area contributed by atoms with Crippen molar-refractivity contribution in [2.45, 2.75) is 5.16 Å². The lowest BCUT2D eigenvalue weighted by molar-refractivity contribution is 0.628. The molecule has 1 N–H and O–H groups in total. The van der Waals surface area contributed by atoms with E-state index in [2.05, 4.69) is 15.6 Å². The minimum atomic E-state index is -0.290. The molecule has 1 aromatic carbocycles. The average molecular weight is 316 g/mol. The molecule has 2 aromatic heterocycles. The van der Waals surface area contributed by atoms with Crippen molar-refractivity contribution in [3.63, 3.8) is 0 Å². The van der Waals surface area contributed by atoms with Gasteiger partial charge in [0, 0.05) is 11.0 Å². The van der Waals surface area contributed by atoms with E-state index < -0.39 is 0 Å². The highest BCUT2D eigenvalue weighted by Crippen LogP contribution is 2.32. The molecule has 3 aromatic rings. The normalized spacial score (nSPS) is 13.5. The molecule has 1 aliphatic heterocycles. The van der Waals surface area contributed by atoms with Gasteiger partial charge in [0.2, 0.25) is 5.16 Å². The SMILES string of the molecule is Fc1cccc(-c2nnc3n2NC(c2cccs2)=CS3)c1. The Labute approximate surface area is 128 Å². The molecule has 4 nitrogen and oxygen atoms in total. The van der Waals surface area contributed by atoms with Crippen molar-refractivity contribution in [3.05, 3.63) is 57.9 Å². The molecule has 1 aliphatic rings. The molecule has 0 spiro atoms. The summed E-state index contributed by atoms with van der Waals surface area (Å²) in [6, 6.07) is 10.4. The fraction of sp³-hybridized carbons (Fsp3) is 0. The van der Waals surface area contributed by atoms with E-state index in [1.807, 2.05) is 29.0 Å². The van der Waals surface area contributed by atoms with Crippen LogP contribution in [0.5, 0.6) is 0 Å². The fourth-order valence-electron chi connectivity index (χ4n) is 2.07. The van der Waals surface area contributed by atoms with Crippen LogP contribution in [0.15, 0.2) is 52.3 Å². The second-order valence-corrected chi connectivity index (χ2v) is 6.17. The minimum Gasteiger partial charge on any atom is -0.288 e. The molecule has 104 valence electrons. The molecule has 0 saturated heterocycles. The summed E-state index contributed by atoms with van der Waals surface area (Å²) in [7, 11) is 0. The van der Waals surface area contributed by atoms with Crippen LogP contribution in [0.2, 0.25) is 0 Å². The van der Waals surface area contributed by atoms with Crippen molar-refractivity contribution in [1.82, 2.24) is 14.9 Å². The lowest BCUT2D eigenvalue weighted by Crippen LogP contribution is -2.17. The summed E-state index contributed by atoms with van der Waals surface area (Å²) in [6.45, 7) is 0. The third-order valence-corrected chi connectivity index (χ3v) is 4.75. The quantitative estimate of drug-likeness (QED) is 0.781. The van der Waals surface area contributed by atoms with Crippen LogP contribution in [-0.4, -0.2) is 14.9 Å². The minimum absolute atomic E-state index is 0.290. The summed E-state index contributed by atoms with van der Waals surface area (Å²) in [6.07, 6.45) is 0. The van der Waals surface area contributed by atoms with Gasteiger partial charge in [-0.2, -0.15) is 0 Å². The highest BCUT2D eigenvalue weighted by atomic mass is 32.2. The number of thioether (sulfide) groups is 1. The summed E-state index contributed by atoms with van der Waals surface area (Å²) in [4.78, 5) is 1.13. The van der Waals surface area contributed by atoms with E-state index >= 15 is 0 Å². The molecular weight excluding hydrogens is 307 g/mol.